The van der Waals surface area contributed by atoms with Crippen molar-refractivity contribution in [3.8, 4) is 0 Å². The van der Waals surface area contributed by atoms with Gasteiger partial charge in [0.05, 0.1) is 10.6 Å². The summed E-state index contributed by atoms with van der Waals surface area (Å²) in [6.07, 6.45) is 2.81. The van der Waals surface area contributed by atoms with Gasteiger partial charge in [0.1, 0.15) is 0 Å². The van der Waals surface area contributed by atoms with Gasteiger partial charge in [-0.05, 0) is 48.0 Å². The second-order valence-corrected chi connectivity index (χ2v) is 9.53. The van der Waals surface area contributed by atoms with Crippen molar-refractivity contribution in [1.82, 2.24) is 9.97 Å². The summed E-state index contributed by atoms with van der Waals surface area (Å²) < 4.78 is 53.9. The van der Waals surface area contributed by atoms with Crippen LogP contribution in [-0.4, -0.2) is 26.8 Å². The first kappa shape index (κ1) is 20.1. The molecule has 0 aliphatic carbocycles. The molecule has 0 atom stereocenters. The van der Waals surface area contributed by atoms with Crippen LogP contribution in [0, 0.1) is 0 Å². The number of benzene rings is 2. The van der Waals surface area contributed by atoms with Crippen LogP contribution in [0.1, 0.15) is 5.56 Å². The number of hydrogen-bond donors (Lipinski definition) is 2. The molecule has 0 saturated carbocycles. The van der Waals surface area contributed by atoms with Crippen molar-refractivity contribution in [1.29, 1.82) is 0 Å². The van der Waals surface area contributed by atoms with E-state index < -0.39 is 20.0 Å². The molecule has 3 aromatic rings. The Morgan fingerprint density at radius 1 is 0.857 bits per heavy atom. The highest BCUT2D eigenvalue weighted by Gasteiger charge is 2.17. The molecule has 0 unspecified atom stereocenters. The van der Waals surface area contributed by atoms with Gasteiger partial charge in [0.15, 0.2) is 0 Å². The summed E-state index contributed by atoms with van der Waals surface area (Å²) in [4.78, 5) is 7.54. The van der Waals surface area contributed by atoms with Gasteiger partial charge in [-0.2, -0.15) is 0 Å². The van der Waals surface area contributed by atoms with Gasteiger partial charge in [0.25, 0.3) is 10.0 Å². The van der Waals surface area contributed by atoms with Crippen molar-refractivity contribution >= 4 is 43.3 Å². The van der Waals surface area contributed by atoms with Crippen LogP contribution >= 0.6 is 11.6 Å². The van der Waals surface area contributed by atoms with Crippen LogP contribution in [0.2, 0.25) is 5.02 Å². The molecule has 2 N–H and O–H groups in total. The van der Waals surface area contributed by atoms with Crippen molar-refractivity contribution in [3.63, 3.8) is 0 Å². The van der Waals surface area contributed by atoms with Crippen molar-refractivity contribution in [2.45, 2.75) is 10.6 Å². The van der Waals surface area contributed by atoms with Gasteiger partial charge in [-0.1, -0.05) is 23.7 Å². The Bertz CT molecular complexity index is 1170. The topological polar surface area (TPSA) is 118 Å². The van der Waals surface area contributed by atoms with Gasteiger partial charge in [0.2, 0.25) is 16.0 Å². The molecule has 0 saturated heterocycles. The number of anilines is 2. The average Bonchev–Trinajstić information content (AvgIpc) is 2.62. The number of aromatic nitrogens is 2. The van der Waals surface area contributed by atoms with Crippen molar-refractivity contribution in [2.24, 2.45) is 0 Å². The third-order valence-electron chi connectivity index (χ3n) is 3.48. The van der Waals surface area contributed by atoms with Crippen LogP contribution in [0.3, 0.4) is 0 Å². The first-order valence-corrected chi connectivity index (χ1v) is 11.4. The third-order valence-corrected chi connectivity index (χ3v) is 6.31. The van der Waals surface area contributed by atoms with E-state index in [1.807, 2.05) is 0 Å². The maximum atomic E-state index is 12.3. The van der Waals surface area contributed by atoms with Crippen LogP contribution in [0.25, 0.3) is 0 Å². The molecule has 0 aliphatic rings. The highest BCUT2D eigenvalue weighted by Crippen LogP contribution is 2.19. The maximum Gasteiger partial charge on any atom is 0.264 e. The molecule has 0 radical (unpaired) electrons. The van der Waals surface area contributed by atoms with Gasteiger partial charge in [0, 0.05) is 23.1 Å². The second-order valence-electron chi connectivity index (χ2n) is 5.69. The van der Waals surface area contributed by atoms with Gasteiger partial charge in [-0.15, -0.1) is 0 Å². The molecule has 28 heavy (non-hydrogen) atoms. The highest BCUT2D eigenvalue weighted by atomic mass is 35.5. The zero-order chi connectivity index (χ0) is 20.2. The SMILES string of the molecule is O=S(=O)(Cc1cccc(Cl)c1)Nc1ccc(S(=O)(=O)Nc2ncccn2)cc1. The van der Waals surface area contributed by atoms with E-state index in [-0.39, 0.29) is 22.3 Å². The Balaban J connectivity index is 1.71. The molecule has 0 fully saturated rings. The molecule has 1 heterocycles. The van der Waals surface area contributed by atoms with Crippen molar-refractivity contribution in [3.05, 3.63) is 77.6 Å². The van der Waals surface area contributed by atoms with E-state index in [0.717, 1.165) is 0 Å². The van der Waals surface area contributed by atoms with Crippen LogP contribution in [-0.2, 0) is 25.8 Å². The zero-order valence-electron chi connectivity index (χ0n) is 14.3. The Hall–Kier alpha value is -2.69. The van der Waals surface area contributed by atoms with Crippen LogP contribution < -0.4 is 9.44 Å². The summed E-state index contributed by atoms with van der Waals surface area (Å²) in [5.41, 5.74) is 0.767. The first-order valence-electron chi connectivity index (χ1n) is 7.88. The van der Waals surface area contributed by atoms with Crippen molar-refractivity contribution in [2.75, 3.05) is 9.44 Å². The van der Waals surface area contributed by atoms with Gasteiger partial charge in [-0.3, -0.25) is 4.72 Å². The van der Waals surface area contributed by atoms with E-state index in [2.05, 4.69) is 19.4 Å². The minimum Gasteiger partial charge on any atom is -0.283 e. The summed E-state index contributed by atoms with van der Waals surface area (Å²) in [6, 6.07) is 13.4. The number of hydrogen-bond acceptors (Lipinski definition) is 6. The van der Waals surface area contributed by atoms with E-state index in [0.29, 0.717) is 10.6 Å². The fourth-order valence-electron chi connectivity index (χ4n) is 2.29. The summed E-state index contributed by atoms with van der Waals surface area (Å²) in [7, 11) is -7.59. The second kappa shape index (κ2) is 8.13. The summed E-state index contributed by atoms with van der Waals surface area (Å²) in [6.45, 7) is 0. The standard InChI is InChI=1S/C17H15ClN4O4S2/c18-14-4-1-3-13(11-14)12-27(23,24)21-15-5-7-16(8-6-15)28(25,26)22-17-19-9-2-10-20-17/h1-11,21H,12H2,(H,19,20,22). The van der Waals surface area contributed by atoms with Crippen LogP contribution in [0.4, 0.5) is 11.6 Å². The normalized spacial score (nSPS) is 11.8. The molecule has 3 rings (SSSR count). The summed E-state index contributed by atoms with van der Waals surface area (Å²) in [5.74, 6) is -0.325. The van der Waals surface area contributed by atoms with E-state index in [9.17, 15) is 16.8 Å². The van der Waals surface area contributed by atoms with Crippen LogP contribution in [0.15, 0.2) is 71.9 Å². The van der Waals surface area contributed by atoms with E-state index in [4.69, 9.17) is 11.6 Å². The quantitative estimate of drug-likeness (QED) is 0.585. The summed E-state index contributed by atoms with van der Waals surface area (Å²) in [5, 5.41) is 0.442. The molecule has 146 valence electrons. The molecule has 2 aromatic carbocycles. The zero-order valence-corrected chi connectivity index (χ0v) is 16.7. The highest BCUT2D eigenvalue weighted by molar-refractivity contribution is 7.92. The minimum absolute atomic E-state index is 0.0576. The smallest absolute Gasteiger partial charge is 0.264 e. The Morgan fingerprint density at radius 3 is 2.18 bits per heavy atom. The van der Waals surface area contributed by atoms with E-state index in [1.54, 1.807) is 30.3 Å². The molecule has 8 nitrogen and oxygen atoms in total. The molecule has 0 bridgehead atoms. The monoisotopic (exact) mass is 438 g/mol. The Labute approximate surface area is 167 Å². The van der Waals surface area contributed by atoms with E-state index in [1.165, 1.54) is 36.7 Å². The first-order chi connectivity index (χ1) is 13.2. The molecular weight excluding hydrogens is 424 g/mol. The van der Waals surface area contributed by atoms with Gasteiger partial charge in [-0.25, -0.2) is 31.5 Å². The number of halogens is 1. The molecule has 0 spiro atoms. The van der Waals surface area contributed by atoms with Gasteiger partial charge >= 0.3 is 0 Å². The van der Waals surface area contributed by atoms with E-state index >= 15 is 0 Å². The molecular formula is C17H15ClN4O4S2. The fraction of sp³-hybridized carbons (Fsp3) is 0.0588. The predicted octanol–water partition coefficient (Wildman–Crippen LogP) is 2.87. The lowest BCUT2D eigenvalue weighted by atomic mass is 10.2. The number of nitrogens with zero attached hydrogens (tertiary/aromatic N) is 2. The number of rotatable bonds is 7. The minimum atomic E-state index is -3.89. The lowest BCUT2D eigenvalue weighted by molar-refractivity contribution is 0.599. The molecule has 1 aromatic heterocycles. The molecule has 0 aliphatic heterocycles. The fourth-order valence-corrected chi connectivity index (χ4v) is 4.65. The molecule has 0 amide bonds. The van der Waals surface area contributed by atoms with Crippen LogP contribution in [0.5, 0.6) is 0 Å². The third kappa shape index (κ3) is 5.41. The maximum absolute atomic E-state index is 12.3. The predicted molar refractivity (Wildman–Crippen MR) is 107 cm³/mol. The largest absolute Gasteiger partial charge is 0.283 e. The Kier molecular flexibility index (Phi) is 5.82. The summed E-state index contributed by atoms with van der Waals surface area (Å²) >= 11 is 5.87. The number of sulfonamides is 2. The lowest BCUT2D eigenvalue weighted by Crippen LogP contribution is -2.16. The van der Waals surface area contributed by atoms with Crippen molar-refractivity contribution < 1.29 is 16.8 Å². The molecule has 11 heteroatoms. The Morgan fingerprint density at radius 2 is 1.54 bits per heavy atom. The van der Waals surface area contributed by atoms with Gasteiger partial charge < -0.3 is 0 Å². The lowest BCUT2D eigenvalue weighted by Gasteiger charge is -2.10. The number of nitrogens with one attached hydrogen (secondary N) is 2. The average molecular weight is 439 g/mol.